The van der Waals surface area contributed by atoms with Gasteiger partial charge in [-0.2, -0.15) is 0 Å². The second-order valence-corrected chi connectivity index (χ2v) is 6.02. The molecule has 1 rings (SSSR count). The van der Waals surface area contributed by atoms with E-state index in [0.29, 0.717) is 25.4 Å². The first-order valence-corrected chi connectivity index (χ1v) is 7.73. The van der Waals surface area contributed by atoms with Crippen molar-refractivity contribution in [1.82, 2.24) is 10.6 Å². The Kier molecular flexibility index (Phi) is 7.60. The van der Waals surface area contributed by atoms with Crippen molar-refractivity contribution in [2.75, 3.05) is 18.9 Å². The molecule has 0 aliphatic heterocycles. The van der Waals surface area contributed by atoms with Crippen LogP contribution in [-0.2, 0) is 16.1 Å². The molecule has 0 aliphatic carbocycles. The molecule has 2 amide bonds. The topological polar surface area (TPSA) is 70.2 Å². The third kappa shape index (κ3) is 6.72. The van der Waals surface area contributed by atoms with Gasteiger partial charge >= 0.3 is 0 Å². The SMILES string of the molecule is CNCC(C)C(=O)NCc1cccc(NC(=O)CC(C)C)c1. The zero-order valence-electron chi connectivity index (χ0n) is 13.9. The lowest BCUT2D eigenvalue weighted by atomic mass is 10.1. The van der Waals surface area contributed by atoms with E-state index in [2.05, 4.69) is 16.0 Å². The number of nitrogens with one attached hydrogen (secondary N) is 3. The maximum absolute atomic E-state index is 11.9. The molecule has 3 N–H and O–H groups in total. The number of amides is 2. The zero-order valence-corrected chi connectivity index (χ0v) is 13.9. The Morgan fingerprint density at radius 1 is 1.18 bits per heavy atom. The lowest BCUT2D eigenvalue weighted by molar-refractivity contribution is -0.124. The van der Waals surface area contributed by atoms with Crippen LogP contribution < -0.4 is 16.0 Å². The fourth-order valence-corrected chi connectivity index (χ4v) is 2.10. The maximum atomic E-state index is 11.9. The van der Waals surface area contributed by atoms with Gasteiger partial charge in [0.2, 0.25) is 11.8 Å². The molecule has 122 valence electrons. The number of benzene rings is 1. The Bertz CT molecular complexity index is 500. The van der Waals surface area contributed by atoms with Crippen LogP contribution in [0.4, 0.5) is 5.69 Å². The molecule has 1 atom stereocenters. The van der Waals surface area contributed by atoms with Gasteiger partial charge in [0.15, 0.2) is 0 Å². The average molecular weight is 305 g/mol. The van der Waals surface area contributed by atoms with Gasteiger partial charge in [-0.15, -0.1) is 0 Å². The van der Waals surface area contributed by atoms with E-state index in [0.717, 1.165) is 11.3 Å². The van der Waals surface area contributed by atoms with Crippen LogP contribution in [0.25, 0.3) is 0 Å². The summed E-state index contributed by atoms with van der Waals surface area (Å²) in [6, 6.07) is 7.55. The number of hydrogen-bond donors (Lipinski definition) is 3. The van der Waals surface area contributed by atoms with E-state index in [9.17, 15) is 9.59 Å². The highest BCUT2D eigenvalue weighted by Gasteiger charge is 2.11. The molecule has 0 heterocycles. The molecule has 0 aliphatic rings. The van der Waals surface area contributed by atoms with Gasteiger partial charge in [-0.25, -0.2) is 0 Å². The van der Waals surface area contributed by atoms with Crippen LogP contribution in [0.15, 0.2) is 24.3 Å². The molecular weight excluding hydrogens is 278 g/mol. The summed E-state index contributed by atoms with van der Waals surface area (Å²) in [7, 11) is 1.83. The minimum absolute atomic E-state index is 0.0128. The highest BCUT2D eigenvalue weighted by atomic mass is 16.2. The number of rotatable bonds is 8. The van der Waals surface area contributed by atoms with Crippen molar-refractivity contribution in [2.45, 2.75) is 33.7 Å². The predicted molar refractivity (Wildman–Crippen MR) is 89.5 cm³/mol. The van der Waals surface area contributed by atoms with Crippen molar-refractivity contribution >= 4 is 17.5 Å². The lowest BCUT2D eigenvalue weighted by Crippen LogP contribution is -2.33. The summed E-state index contributed by atoms with van der Waals surface area (Å²) in [6.07, 6.45) is 0.502. The first-order valence-electron chi connectivity index (χ1n) is 7.73. The highest BCUT2D eigenvalue weighted by molar-refractivity contribution is 5.90. The average Bonchev–Trinajstić information content (AvgIpc) is 2.44. The molecule has 1 unspecified atom stereocenters. The largest absolute Gasteiger partial charge is 0.352 e. The number of carbonyl (C=O) groups excluding carboxylic acids is 2. The van der Waals surface area contributed by atoms with Crippen LogP contribution in [0.1, 0.15) is 32.8 Å². The molecule has 0 saturated carbocycles. The number of carbonyl (C=O) groups is 2. The molecule has 0 bridgehead atoms. The third-order valence-electron chi connectivity index (χ3n) is 3.23. The smallest absolute Gasteiger partial charge is 0.224 e. The maximum Gasteiger partial charge on any atom is 0.224 e. The molecule has 0 fully saturated rings. The van der Waals surface area contributed by atoms with Gasteiger partial charge in [-0.05, 0) is 30.7 Å². The Balaban J connectivity index is 2.54. The van der Waals surface area contributed by atoms with E-state index < -0.39 is 0 Å². The zero-order chi connectivity index (χ0) is 16.5. The molecule has 5 nitrogen and oxygen atoms in total. The molecule has 5 heteroatoms. The van der Waals surface area contributed by atoms with Gasteiger partial charge in [0.25, 0.3) is 0 Å². The molecule has 0 saturated heterocycles. The second kappa shape index (κ2) is 9.20. The van der Waals surface area contributed by atoms with E-state index in [-0.39, 0.29) is 17.7 Å². The van der Waals surface area contributed by atoms with Crippen molar-refractivity contribution < 1.29 is 9.59 Å². The summed E-state index contributed by atoms with van der Waals surface area (Å²) < 4.78 is 0. The van der Waals surface area contributed by atoms with Gasteiger partial charge < -0.3 is 16.0 Å². The van der Waals surface area contributed by atoms with E-state index in [1.54, 1.807) is 0 Å². The predicted octanol–water partition coefficient (Wildman–Crippen LogP) is 2.14. The number of anilines is 1. The Morgan fingerprint density at radius 2 is 1.91 bits per heavy atom. The minimum Gasteiger partial charge on any atom is -0.352 e. The van der Waals surface area contributed by atoms with Gasteiger partial charge in [0.05, 0.1) is 0 Å². The standard InChI is InChI=1S/C17H27N3O2/c1-12(2)8-16(21)20-15-7-5-6-14(9-15)11-19-17(22)13(3)10-18-4/h5-7,9,12-13,18H,8,10-11H2,1-4H3,(H,19,22)(H,20,21). The summed E-state index contributed by atoms with van der Waals surface area (Å²) in [5.74, 6) is 0.289. The van der Waals surface area contributed by atoms with Crippen LogP contribution in [0, 0.1) is 11.8 Å². The molecule has 0 radical (unpaired) electrons. The third-order valence-corrected chi connectivity index (χ3v) is 3.23. The van der Waals surface area contributed by atoms with Crippen LogP contribution in [0.3, 0.4) is 0 Å². The minimum atomic E-state index is -0.0704. The molecule has 1 aromatic carbocycles. The first kappa shape index (κ1) is 18.2. The molecular formula is C17H27N3O2. The summed E-state index contributed by atoms with van der Waals surface area (Å²) in [5, 5.41) is 8.77. The van der Waals surface area contributed by atoms with E-state index >= 15 is 0 Å². The van der Waals surface area contributed by atoms with E-state index in [1.807, 2.05) is 52.1 Å². The Hall–Kier alpha value is -1.88. The summed E-state index contributed by atoms with van der Waals surface area (Å²) in [4.78, 5) is 23.6. The quantitative estimate of drug-likeness (QED) is 0.689. The van der Waals surface area contributed by atoms with Crippen molar-refractivity contribution in [3.05, 3.63) is 29.8 Å². The fraction of sp³-hybridized carbons (Fsp3) is 0.529. The van der Waals surface area contributed by atoms with E-state index in [1.165, 1.54) is 0 Å². The van der Waals surface area contributed by atoms with Gasteiger partial charge in [-0.1, -0.05) is 32.9 Å². The van der Waals surface area contributed by atoms with Crippen molar-refractivity contribution in [3.8, 4) is 0 Å². The molecule has 0 spiro atoms. The van der Waals surface area contributed by atoms with Gasteiger partial charge in [-0.3, -0.25) is 9.59 Å². The molecule has 1 aromatic rings. The van der Waals surface area contributed by atoms with Crippen molar-refractivity contribution in [3.63, 3.8) is 0 Å². The summed E-state index contributed by atoms with van der Waals surface area (Å²) >= 11 is 0. The highest BCUT2D eigenvalue weighted by Crippen LogP contribution is 2.12. The van der Waals surface area contributed by atoms with Crippen LogP contribution in [0.5, 0.6) is 0 Å². The lowest BCUT2D eigenvalue weighted by Gasteiger charge is -2.12. The van der Waals surface area contributed by atoms with Crippen molar-refractivity contribution in [2.24, 2.45) is 11.8 Å². The van der Waals surface area contributed by atoms with Crippen LogP contribution in [0.2, 0.25) is 0 Å². The van der Waals surface area contributed by atoms with Crippen LogP contribution >= 0.6 is 0 Å². The molecule has 22 heavy (non-hydrogen) atoms. The monoisotopic (exact) mass is 305 g/mol. The van der Waals surface area contributed by atoms with Crippen LogP contribution in [-0.4, -0.2) is 25.4 Å². The number of hydrogen-bond acceptors (Lipinski definition) is 3. The van der Waals surface area contributed by atoms with Crippen molar-refractivity contribution in [1.29, 1.82) is 0 Å². The Morgan fingerprint density at radius 3 is 2.55 bits per heavy atom. The fourth-order valence-electron chi connectivity index (χ4n) is 2.10. The van der Waals surface area contributed by atoms with E-state index in [4.69, 9.17) is 0 Å². The normalized spacial score (nSPS) is 12.0. The summed E-state index contributed by atoms with van der Waals surface area (Å²) in [5.41, 5.74) is 1.73. The van der Waals surface area contributed by atoms with Gasteiger partial charge in [0.1, 0.15) is 0 Å². The summed E-state index contributed by atoms with van der Waals surface area (Å²) in [6.45, 7) is 7.02. The molecule has 0 aromatic heterocycles. The first-order chi connectivity index (χ1) is 10.4. The second-order valence-electron chi connectivity index (χ2n) is 6.02. The Labute approximate surface area is 132 Å². The van der Waals surface area contributed by atoms with Gasteiger partial charge in [0, 0.05) is 31.1 Å².